The highest BCUT2D eigenvalue weighted by molar-refractivity contribution is 8.18. The molecule has 1 N–H and O–H groups in total. The molecule has 2 aliphatic heterocycles. The molecule has 1 fully saturated rings. The summed E-state index contributed by atoms with van der Waals surface area (Å²) in [5.74, 6) is -0.172. The second kappa shape index (κ2) is 7.04. The van der Waals surface area contributed by atoms with Crippen LogP contribution in [0.4, 0.5) is 0 Å². The third-order valence-electron chi connectivity index (χ3n) is 3.67. The molecule has 0 saturated carbocycles. The number of rotatable bonds is 3. The van der Waals surface area contributed by atoms with E-state index in [0.717, 1.165) is 36.9 Å². The van der Waals surface area contributed by atoms with E-state index in [0.29, 0.717) is 11.4 Å². The summed E-state index contributed by atoms with van der Waals surface area (Å²) in [6.45, 7) is 4.34. The summed E-state index contributed by atoms with van der Waals surface area (Å²) in [7, 11) is 0. The highest BCUT2D eigenvalue weighted by Gasteiger charge is 2.28. The molecule has 1 amide bonds. The number of pyridine rings is 1. The molecule has 3 heterocycles. The van der Waals surface area contributed by atoms with Crippen LogP contribution in [0.25, 0.3) is 6.08 Å². The van der Waals surface area contributed by atoms with Gasteiger partial charge in [0.15, 0.2) is 5.17 Å². The van der Waals surface area contributed by atoms with Gasteiger partial charge in [0, 0.05) is 45.1 Å². The molecule has 0 unspecified atom stereocenters. The van der Waals surface area contributed by atoms with Crippen molar-refractivity contribution in [3.63, 3.8) is 0 Å². The number of piperazine rings is 1. The zero-order valence-corrected chi connectivity index (χ0v) is 13.0. The first-order chi connectivity index (χ1) is 10.8. The number of thioether (sulfide) groups is 1. The summed E-state index contributed by atoms with van der Waals surface area (Å²) in [6, 6.07) is 3.74. The second-order valence-electron chi connectivity index (χ2n) is 5.14. The number of nitrogens with zero attached hydrogens (tertiary/aromatic N) is 4. The van der Waals surface area contributed by atoms with Crippen molar-refractivity contribution in [2.75, 3.05) is 39.3 Å². The third kappa shape index (κ3) is 3.55. The van der Waals surface area contributed by atoms with E-state index in [1.165, 1.54) is 11.8 Å². The highest BCUT2D eigenvalue weighted by Crippen LogP contribution is 2.30. The van der Waals surface area contributed by atoms with Gasteiger partial charge >= 0.3 is 0 Å². The van der Waals surface area contributed by atoms with Gasteiger partial charge in [0.1, 0.15) is 0 Å². The molecule has 3 rings (SSSR count). The Bertz CT molecular complexity index is 595. The smallest absolute Gasteiger partial charge is 0.286 e. The van der Waals surface area contributed by atoms with E-state index >= 15 is 0 Å². The van der Waals surface area contributed by atoms with Crippen molar-refractivity contribution < 1.29 is 9.90 Å². The lowest BCUT2D eigenvalue weighted by molar-refractivity contribution is -0.113. The maximum atomic E-state index is 12.0. The van der Waals surface area contributed by atoms with Crippen LogP contribution in [0.15, 0.2) is 34.4 Å². The summed E-state index contributed by atoms with van der Waals surface area (Å²) in [4.78, 5) is 25.2. The van der Waals surface area contributed by atoms with Crippen molar-refractivity contribution in [3.8, 4) is 0 Å². The van der Waals surface area contributed by atoms with Crippen molar-refractivity contribution >= 4 is 28.9 Å². The van der Waals surface area contributed by atoms with Crippen LogP contribution in [0.2, 0.25) is 0 Å². The minimum atomic E-state index is -0.172. The number of aliphatic hydroxyl groups excluding tert-OH is 1. The molecule has 7 heteroatoms. The van der Waals surface area contributed by atoms with Crippen molar-refractivity contribution in [2.45, 2.75) is 0 Å². The van der Waals surface area contributed by atoms with Gasteiger partial charge < -0.3 is 10.0 Å². The van der Waals surface area contributed by atoms with Gasteiger partial charge in [-0.2, -0.15) is 4.99 Å². The summed E-state index contributed by atoms with van der Waals surface area (Å²) < 4.78 is 0. The van der Waals surface area contributed by atoms with Gasteiger partial charge in [-0.3, -0.25) is 14.7 Å². The van der Waals surface area contributed by atoms with Gasteiger partial charge in [0.25, 0.3) is 5.91 Å². The maximum Gasteiger partial charge on any atom is 0.286 e. The van der Waals surface area contributed by atoms with Crippen molar-refractivity contribution in [1.82, 2.24) is 14.8 Å². The highest BCUT2D eigenvalue weighted by atomic mass is 32.2. The quantitative estimate of drug-likeness (QED) is 0.826. The molecule has 116 valence electrons. The zero-order valence-electron chi connectivity index (χ0n) is 12.2. The molecule has 0 spiro atoms. The van der Waals surface area contributed by atoms with E-state index < -0.39 is 0 Å². The first-order valence-electron chi connectivity index (χ1n) is 7.27. The summed E-state index contributed by atoms with van der Waals surface area (Å²) in [5, 5.41) is 9.75. The molecule has 1 aromatic rings. The van der Waals surface area contributed by atoms with E-state index in [4.69, 9.17) is 5.11 Å². The molecular formula is C15H18N4O2S. The Morgan fingerprint density at radius 2 is 1.95 bits per heavy atom. The van der Waals surface area contributed by atoms with Gasteiger partial charge in [-0.15, -0.1) is 0 Å². The number of aliphatic imine (C=N–C) groups is 1. The second-order valence-corrected chi connectivity index (χ2v) is 6.15. The number of β-amino-alcohol motifs (C(OH)–C–C–N with tert-alkyl or cyclic N) is 1. The van der Waals surface area contributed by atoms with Crippen LogP contribution in [0.5, 0.6) is 0 Å². The molecule has 2 aliphatic rings. The van der Waals surface area contributed by atoms with Crippen LogP contribution in [-0.2, 0) is 4.79 Å². The number of hydrogen-bond acceptors (Lipinski definition) is 6. The lowest BCUT2D eigenvalue weighted by atomic mass is 10.2. The Kier molecular flexibility index (Phi) is 4.87. The normalized spacial score (nSPS) is 21.5. The Labute approximate surface area is 133 Å². The number of aliphatic hydroxyl groups is 1. The van der Waals surface area contributed by atoms with E-state index in [9.17, 15) is 4.79 Å². The Morgan fingerprint density at radius 1 is 1.23 bits per heavy atom. The van der Waals surface area contributed by atoms with Crippen LogP contribution in [0.3, 0.4) is 0 Å². The third-order valence-corrected chi connectivity index (χ3v) is 4.72. The van der Waals surface area contributed by atoms with Crippen LogP contribution in [-0.4, -0.2) is 70.3 Å². The number of hydrogen-bond donors (Lipinski definition) is 1. The van der Waals surface area contributed by atoms with Gasteiger partial charge in [-0.05, 0) is 35.5 Å². The van der Waals surface area contributed by atoms with Gasteiger partial charge in [-0.1, -0.05) is 0 Å². The SMILES string of the molecule is O=C1N=C(N2CCN(CCO)CC2)SC1=Cc1ccncc1. The minimum absolute atomic E-state index is 0.172. The fraction of sp³-hybridized carbons (Fsp3) is 0.400. The molecular weight excluding hydrogens is 300 g/mol. The average molecular weight is 318 g/mol. The molecule has 6 nitrogen and oxygen atoms in total. The maximum absolute atomic E-state index is 12.0. The van der Waals surface area contributed by atoms with E-state index in [-0.39, 0.29) is 12.5 Å². The molecule has 0 aliphatic carbocycles. The van der Waals surface area contributed by atoms with Crippen molar-refractivity contribution in [1.29, 1.82) is 0 Å². The minimum Gasteiger partial charge on any atom is -0.395 e. The van der Waals surface area contributed by atoms with E-state index in [1.54, 1.807) is 12.4 Å². The summed E-state index contributed by atoms with van der Waals surface area (Å²) >= 11 is 1.43. The largest absolute Gasteiger partial charge is 0.395 e. The fourth-order valence-electron chi connectivity index (χ4n) is 2.45. The standard InChI is InChI=1S/C15H18N4O2S/c20-10-9-18-5-7-19(8-6-18)15-17-14(21)13(22-15)11-12-1-3-16-4-2-12/h1-4,11,20H,5-10H2. The number of aromatic nitrogens is 1. The number of amides is 1. The fourth-order valence-corrected chi connectivity index (χ4v) is 3.41. The zero-order chi connectivity index (χ0) is 15.4. The predicted octanol–water partition coefficient (Wildman–Crippen LogP) is 0.662. The van der Waals surface area contributed by atoms with Crippen LogP contribution in [0, 0.1) is 0 Å². The predicted molar refractivity (Wildman–Crippen MR) is 87.3 cm³/mol. The number of amidine groups is 1. The summed E-state index contributed by atoms with van der Waals surface area (Å²) in [6.07, 6.45) is 5.27. The van der Waals surface area contributed by atoms with E-state index in [1.807, 2.05) is 18.2 Å². The van der Waals surface area contributed by atoms with Gasteiger partial charge in [0.05, 0.1) is 11.5 Å². The molecule has 0 radical (unpaired) electrons. The molecule has 1 saturated heterocycles. The Balaban J connectivity index is 1.62. The lowest BCUT2D eigenvalue weighted by Crippen LogP contribution is -2.48. The van der Waals surface area contributed by atoms with Crippen molar-refractivity contribution in [2.24, 2.45) is 4.99 Å². The monoisotopic (exact) mass is 318 g/mol. The Hall–Kier alpha value is -1.70. The molecule has 0 aromatic carbocycles. The topological polar surface area (TPSA) is 69.0 Å². The average Bonchev–Trinajstić information content (AvgIpc) is 2.90. The lowest BCUT2D eigenvalue weighted by Gasteiger charge is -2.34. The first kappa shape index (κ1) is 15.2. The van der Waals surface area contributed by atoms with E-state index in [2.05, 4.69) is 19.8 Å². The number of carbonyl (C=O) groups excluding carboxylic acids is 1. The van der Waals surface area contributed by atoms with Gasteiger partial charge in [0.2, 0.25) is 0 Å². The number of carbonyl (C=O) groups is 1. The molecule has 22 heavy (non-hydrogen) atoms. The van der Waals surface area contributed by atoms with Gasteiger partial charge in [-0.25, -0.2) is 0 Å². The molecule has 1 aromatic heterocycles. The van der Waals surface area contributed by atoms with Crippen LogP contribution in [0.1, 0.15) is 5.56 Å². The Morgan fingerprint density at radius 3 is 2.64 bits per heavy atom. The van der Waals surface area contributed by atoms with Crippen LogP contribution >= 0.6 is 11.8 Å². The first-order valence-corrected chi connectivity index (χ1v) is 8.08. The van der Waals surface area contributed by atoms with Crippen molar-refractivity contribution in [3.05, 3.63) is 35.0 Å². The molecule has 0 bridgehead atoms. The molecule has 0 atom stereocenters. The summed E-state index contributed by atoms with van der Waals surface area (Å²) in [5.41, 5.74) is 0.954. The van der Waals surface area contributed by atoms with Crippen LogP contribution < -0.4 is 0 Å².